The van der Waals surface area contributed by atoms with Gasteiger partial charge in [-0.1, -0.05) is 6.07 Å². The maximum absolute atomic E-state index is 12.8. The van der Waals surface area contributed by atoms with Crippen molar-refractivity contribution in [1.29, 1.82) is 0 Å². The number of ether oxygens (including phenoxy) is 2. The van der Waals surface area contributed by atoms with E-state index in [9.17, 15) is 4.79 Å². The van der Waals surface area contributed by atoms with E-state index in [0.717, 1.165) is 68.2 Å². The lowest BCUT2D eigenvalue weighted by molar-refractivity contribution is -0.132. The number of H-pyrrole nitrogens is 1. The molecule has 0 spiro atoms. The molecular weight excluding hydrogens is 330 g/mol. The number of hydrogen-bond donors (Lipinski definition) is 1. The van der Waals surface area contributed by atoms with Crippen LogP contribution >= 0.6 is 0 Å². The molecule has 1 atom stereocenters. The number of piperazine rings is 1. The Morgan fingerprint density at radius 3 is 2.88 bits per heavy atom. The van der Waals surface area contributed by atoms with Crippen molar-refractivity contribution in [3.63, 3.8) is 0 Å². The third-order valence-corrected chi connectivity index (χ3v) is 5.58. The average Bonchev–Trinajstić information content (AvgIpc) is 3.32. The summed E-state index contributed by atoms with van der Waals surface area (Å²) < 4.78 is 10.9. The summed E-state index contributed by atoms with van der Waals surface area (Å²) in [5.74, 6) is 1.67. The molecule has 2 saturated heterocycles. The number of benzene rings is 1. The third kappa shape index (κ3) is 3.57. The largest absolute Gasteiger partial charge is 0.496 e. The molecule has 1 aromatic carbocycles. The van der Waals surface area contributed by atoms with Gasteiger partial charge in [0.25, 0.3) is 0 Å². The van der Waals surface area contributed by atoms with Crippen LogP contribution in [0.25, 0.3) is 10.9 Å². The van der Waals surface area contributed by atoms with Crippen LogP contribution < -0.4 is 4.74 Å². The van der Waals surface area contributed by atoms with Crippen molar-refractivity contribution in [2.75, 3.05) is 53.0 Å². The van der Waals surface area contributed by atoms with Gasteiger partial charge in [0.05, 0.1) is 20.1 Å². The van der Waals surface area contributed by atoms with Gasteiger partial charge < -0.3 is 19.4 Å². The molecule has 0 radical (unpaired) electrons. The van der Waals surface area contributed by atoms with Gasteiger partial charge in [-0.25, -0.2) is 0 Å². The lowest BCUT2D eigenvalue weighted by atomic mass is 10.1. The van der Waals surface area contributed by atoms with Crippen molar-refractivity contribution in [2.45, 2.75) is 12.8 Å². The molecule has 3 heterocycles. The molecule has 6 heteroatoms. The van der Waals surface area contributed by atoms with Crippen LogP contribution in [-0.2, 0) is 16.0 Å². The van der Waals surface area contributed by atoms with E-state index in [1.54, 1.807) is 7.11 Å². The van der Waals surface area contributed by atoms with E-state index in [4.69, 9.17) is 9.47 Å². The van der Waals surface area contributed by atoms with Crippen molar-refractivity contribution >= 4 is 16.8 Å². The standard InChI is InChI=1S/C20H27N3O3/c1-25-18-4-2-3-17-20(18)16(12-21-17)11-19(24)23-8-6-22(7-9-23)13-15-5-10-26-14-15/h2-4,12,15,21H,5-11,13-14H2,1H3. The maximum Gasteiger partial charge on any atom is 0.227 e. The summed E-state index contributed by atoms with van der Waals surface area (Å²) in [6, 6.07) is 5.91. The monoisotopic (exact) mass is 357 g/mol. The Morgan fingerprint density at radius 2 is 2.15 bits per heavy atom. The van der Waals surface area contributed by atoms with Crippen LogP contribution in [0.2, 0.25) is 0 Å². The highest BCUT2D eigenvalue weighted by Gasteiger charge is 2.25. The quantitative estimate of drug-likeness (QED) is 0.888. The van der Waals surface area contributed by atoms with Crippen LogP contribution in [0, 0.1) is 5.92 Å². The van der Waals surface area contributed by atoms with Crippen molar-refractivity contribution in [3.8, 4) is 5.75 Å². The molecule has 26 heavy (non-hydrogen) atoms. The molecule has 140 valence electrons. The number of nitrogens with zero attached hydrogens (tertiary/aromatic N) is 2. The van der Waals surface area contributed by atoms with Gasteiger partial charge in [-0.3, -0.25) is 9.69 Å². The van der Waals surface area contributed by atoms with E-state index in [2.05, 4.69) is 9.88 Å². The number of fused-ring (bicyclic) bond motifs is 1. The topological polar surface area (TPSA) is 57.8 Å². The molecular formula is C20H27N3O3. The predicted molar refractivity (Wildman–Crippen MR) is 101 cm³/mol. The average molecular weight is 357 g/mol. The summed E-state index contributed by atoms with van der Waals surface area (Å²) in [5.41, 5.74) is 2.02. The van der Waals surface area contributed by atoms with Gasteiger partial charge in [0.15, 0.2) is 0 Å². The molecule has 6 nitrogen and oxygen atoms in total. The zero-order valence-electron chi connectivity index (χ0n) is 15.4. The predicted octanol–water partition coefficient (Wildman–Crippen LogP) is 1.90. The number of amides is 1. The Hall–Kier alpha value is -2.05. The smallest absolute Gasteiger partial charge is 0.227 e. The molecule has 1 unspecified atom stereocenters. The van der Waals surface area contributed by atoms with Crippen molar-refractivity contribution in [1.82, 2.24) is 14.8 Å². The summed E-state index contributed by atoms with van der Waals surface area (Å²) in [5, 5.41) is 1.02. The fourth-order valence-corrected chi connectivity index (χ4v) is 4.08. The lowest BCUT2D eigenvalue weighted by Crippen LogP contribution is -2.50. The van der Waals surface area contributed by atoms with Crippen molar-refractivity contribution in [2.24, 2.45) is 5.92 Å². The first-order chi connectivity index (χ1) is 12.7. The second kappa shape index (κ2) is 7.68. The maximum atomic E-state index is 12.8. The molecule has 1 amide bonds. The highest BCUT2D eigenvalue weighted by atomic mass is 16.5. The number of carbonyl (C=O) groups is 1. The minimum absolute atomic E-state index is 0.195. The molecule has 1 aromatic heterocycles. The molecule has 2 aliphatic heterocycles. The second-order valence-electron chi connectivity index (χ2n) is 7.28. The highest BCUT2D eigenvalue weighted by molar-refractivity contribution is 5.93. The van der Waals surface area contributed by atoms with Gasteiger partial charge in [0.1, 0.15) is 5.75 Å². The number of aromatic amines is 1. The van der Waals surface area contributed by atoms with Gasteiger partial charge in [-0.05, 0) is 30.0 Å². The fourth-order valence-electron chi connectivity index (χ4n) is 4.08. The number of hydrogen-bond acceptors (Lipinski definition) is 4. The Morgan fingerprint density at radius 1 is 1.31 bits per heavy atom. The first kappa shape index (κ1) is 17.4. The van der Waals surface area contributed by atoms with Gasteiger partial charge in [0, 0.05) is 56.4 Å². The molecule has 2 aliphatic rings. The summed E-state index contributed by atoms with van der Waals surface area (Å²) in [6.45, 7) is 6.43. The van der Waals surface area contributed by atoms with Crippen LogP contribution in [0.15, 0.2) is 24.4 Å². The Bertz CT molecular complexity index is 759. The first-order valence-electron chi connectivity index (χ1n) is 9.45. The van der Waals surface area contributed by atoms with E-state index in [0.29, 0.717) is 12.3 Å². The Labute approximate surface area is 154 Å². The van der Waals surface area contributed by atoms with Gasteiger partial charge in [-0.2, -0.15) is 0 Å². The number of rotatable bonds is 5. The van der Waals surface area contributed by atoms with Crippen LogP contribution in [-0.4, -0.2) is 73.7 Å². The van der Waals surface area contributed by atoms with Crippen LogP contribution in [0.4, 0.5) is 0 Å². The SMILES string of the molecule is COc1cccc2[nH]cc(CC(=O)N3CCN(CC4CCOC4)CC3)c12. The molecule has 4 rings (SSSR count). The first-order valence-corrected chi connectivity index (χ1v) is 9.45. The highest BCUT2D eigenvalue weighted by Crippen LogP contribution is 2.29. The number of methoxy groups -OCH3 is 1. The second-order valence-corrected chi connectivity index (χ2v) is 7.28. The van der Waals surface area contributed by atoms with E-state index in [1.807, 2.05) is 29.3 Å². The van der Waals surface area contributed by atoms with E-state index < -0.39 is 0 Å². The Kier molecular flexibility index (Phi) is 5.13. The number of nitrogens with one attached hydrogen (secondary N) is 1. The molecule has 2 fully saturated rings. The van der Waals surface area contributed by atoms with Crippen molar-refractivity contribution in [3.05, 3.63) is 30.0 Å². The minimum Gasteiger partial charge on any atom is -0.496 e. The molecule has 2 aromatic rings. The van der Waals surface area contributed by atoms with Crippen LogP contribution in [0.3, 0.4) is 0 Å². The Balaban J connectivity index is 1.36. The lowest BCUT2D eigenvalue weighted by Gasteiger charge is -2.35. The van der Waals surface area contributed by atoms with Gasteiger partial charge >= 0.3 is 0 Å². The van der Waals surface area contributed by atoms with Crippen molar-refractivity contribution < 1.29 is 14.3 Å². The van der Waals surface area contributed by atoms with E-state index in [-0.39, 0.29) is 5.91 Å². The summed E-state index contributed by atoms with van der Waals surface area (Å²) in [7, 11) is 1.67. The van der Waals surface area contributed by atoms with Crippen LogP contribution in [0.5, 0.6) is 5.75 Å². The number of aromatic nitrogens is 1. The minimum atomic E-state index is 0.195. The fraction of sp³-hybridized carbons (Fsp3) is 0.550. The van der Waals surface area contributed by atoms with E-state index in [1.165, 1.54) is 6.42 Å². The van der Waals surface area contributed by atoms with Gasteiger partial charge in [0.2, 0.25) is 5.91 Å². The summed E-state index contributed by atoms with van der Waals surface area (Å²) in [6.07, 6.45) is 3.51. The molecule has 0 saturated carbocycles. The normalized spacial score (nSPS) is 21.4. The van der Waals surface area contributed by atoms with Crippen LogP contribution in [0.1, 0.15) is 12.0 Å². The third-order valence-electron chi connectivity index (χ3n) is 5.58. The summed E-state index contributed by atoms with van der Waals surface area (Å²) >= 11 is 0. The number of carbonyl (C=O) groups excluding carboxylic acids is 1. The van der Waals surface area contributed by atoms with Gasteiger partial charge in [-0.15, -0.1) is 0 Å². The van der Waals surface area contributed by atoms with E-state index >= 15 is 0 Å². The molecule has 0 bridgehead atoms. The zero-order chi connectivity index (χ0) is 17.9. The molecule has 0 aliphatic carbocycles. The summed E-state index contributed by atoms with van der Waals surface area (Å²) in [4.78, 5) is 20.5. The zero-order valence-corrected chi connectivity index (χ0v) is 15.4. The molecule has 1 N–H and O–H groups in total.